The number of nitrogens with zero attached hydrogens (tertiary/aromatic N) is 2. The van der Waals surface area contributed by atoms with E-state index >= 15 is 0 Å². The molecule has 1 atom stereocenters. The largest absolute Gasteiger partial charge is 0.480 e. The van der Waals surface area contributed by atoms with Gasteiger partial charge < -0.3 is 16.2 Å². The Bertz CT molecular complexity index is 503. The van der Waals surface area contributed by atoms with Gasteiger partial charge in [-0.15, -0.1) is 0 Å². The number of carbonyl (C=O) groups excluding carboxylic acids is 2. The van der Waals surface area contributed by atoms with Gasteiger partial charge in [0, 0.05) is 12.1 Å². The highest BCUT2D eigenvalue weighted by Gasteiger charge is 2.21. The standard InChI is InChI=1S/C11H14N4O4/c1-6-4-8(14-5-13-6)10(17)15-7(11(18)19)2-3-9(12)16/h4-5,7H,2-3H2,1H3,(H2,12,16)(H,15,17)(H,18,19)/t7-/m0/s1. The summed E-state index contributed by atoms with van der Waals surface area (Å²) in [7, 11) is 0. The molecular formula is C11H14N4O4. The van der Waals surface area contributed by atoms with E-state index in [0.717, 1.165) is 0 Å². The number of nitrogens with one attached hydrogen (secondary N) is 1. The molecule has 1 rings (SSSR count). The number of carboxylic acid groups (broad SMARTS) is 1. The molecule has 1 heterocycles. The van der Waals surface area contributed by atoms with Gasteiger partial charge in [0.1, 0.15) is 18.1 Å². The number of primary amides is 1. The van der Waals surface area contributed by atoms with E-state index in [2.05, 4.69) is 15.3 Å². The SMILES string of the molecule is Cc1cc(C(=O)N[C@@H](CCC(N)=O)C(=O)O)ncn1. The van der Waals surface area contributed by atoms with Crippen LogP contribution in [0.1, 0.15) is 29.0 Å². The van der Waals surface area contributed by atoms with Crippen molar-refractivity contribution in [3.8, 4) is 0 Å². The van der Waals surface area contributed by atoms with Crippen molar-refractivity contribution in [2.45, 2.75) is 25.8 Å². The van der Waals surface area contributed by atoms with Gasteiger partial charge in [0.05, 0.1) is 0 Å². The first-order chi connectivity index (χ1) is 8.90. The van der Waals surface area contributed by atoms with E-state index in [0.29, 0.717) is 5.69 Å². The number of carbonyl (C=O) groups is 3. The molecule has 102 valence electrons. The van der Waals surface area contributed by atoms with Gasteiger partial charge in [-0.2, -0.15) is 0 Å². The number of nitrogens with two attached hydrogens (primary N) is 1. The number of amides is 2. The van der Waals surface area contributed by atoms with Crippen LogP contribution < -0.4 is 11.1 Å². The lowest BCUT2D eigenvalue weighted by molar-refractivity contribution is -0.139. The maximum absolute atomic E-state index is 11.8. The molecule has 0 spiro atoms. The first kappa shape index (κ1) is 14.6. The highest BCUT2D eigenvalue weighted by Crippen LogP contribution is 2.01. The van der Waals surface area contributed by atoms with Crippen molar-refractivity contribution < 1.29 is 19.5 Å². The number of aromatic nitrogens is 2. The fraction of sp³-hybridized carbons (Fsp3) is 0.364. The minimum absolute atomic E-state index is 0.0674. The molecule has 1 aromatic rings. The molecule has 8 nitrogen and oxygen atoms in total. The summed E-state index contributed by atoms with van der Waals surface area (Å²) < 4.78 is 0. The van der Waals surface area contributed by atoms with Crippen molar-refractivity contribution in [2.24, 2.45) is 5.73 Å². The molecule has 0 fully saturated rings. The first-order valence-electron chi connectivity index (χ1n) is 5.50. The topological polar surface area (TPSA) is 135 Å². The molecule has 1 aromatic heterocycles. The van der Waals surface area contributed by atoms with Gasteiger partial charge in [0.15, 0.2) is 0 Å². The van der Waals surface area contributed by atoms with Crippen LogP contribution in [0.5, 0.6) is 0 Å². The van der Waals surface area contributed by atoms with Crippen LogP contribution in [-0.2, 0) is 9.59 Å². The molecule has 0 radical (unpaired) electrons. The summed E-state index contributed by atoms with van der Waals surface area (Å²) in [6.07, 6.45) is 1.02. The second-order valence-corrected chi connectivity index (χ2v) is 3.91. The molecule has 4 N–H and O–H groups in total. The average molecular weight is 266 g/mol. The van der Waals surface area contributed by atoms with Crippen LogP contribution in [0.15, 0.2) is 12.4 Å². The van der Waals surface area contributed by atoms with Crippen molar-refractivity contribution >= 4 is 17.8 Å². The summed E-state index contributed by atoms with van der Waals surface area (Å²) in [5.74, 6) is -2.50. The van der Waals surface area contributed by atoms with Gasteiger partial charge >= 0.3 is 5.97 Å². The van der Waals surface area contributed by atoms with Gasteiger partial charge in [0.25, 0.3) is 5.91 Å². The Morgan fingerprint density at radius 1 is 1.42 bits per heavy atom. The molecule has 0 bridgehead atoms. The van der Waals surface area contributed by atoms with E-state index in [1.165, 1.54) is 12.4 Å². The fourth-order valence-corrected chi connectivity index (χ4v) is 1.35. The van der Waals surface area contributed by atoms with Crippen molar-refractivity contribution in [3.05, 3.63) is 23.8 Å². The second kappa shape index (κ2) is 6.43. The maximum atomic E-state index is 11.8. The van der Waals surface area contributed by atoms with Crippen molar-refractivity contribution in [1.29, 1.82) is 0 Å². The molecule has 2 amide bonds. The van der Waals surface area contributed by atoms with Crippen molar-refractivity contribution in [3.63, 3.8) is 0 Å². The number of carboxylic acids is 1. The predicted molar refractivity (Wildman–Crippen MR) is 64.1 cm³/mol. The fourth-order valence-electron chi connectivity index (χ4n) is 1.35. The Morgan fingerprint density at radius 2 is 2.11 bits per heavy atom. The monoisotopic (exact) mass is 266 g/mol. The number of hydrogen-bond donors (Lipinski definition) is 3. The number of rotatable bonds is 6. The van der Waals surface area contributed by atoms with Crippen LogP contribution in [0.25, 0.3) is 0 Å². The molecule has 0 aliphatic carbocycles. The second-order valence-electron chi connectivity index (χ2n) is 3.91. The number of hydrogen-bond acceptors (Lipinski definition) is 5. The van der Waals surface area contributed by atoms with Crippen molar-refractivity contribution in [1.82, 2.24) is 15.3 Å². The summed E-state index contributed by atoms with van der Waals surface area (Å²) in [6.45, 7) is 1.68. The average Bonchev–Trinajstić information content (AvgIpc) is 2.33. The van der Waals surface area contributed by atoms with E-state index in [-0.39, 0.29) is 18.5 Å². The molecule has 8 heteroatoms. The molecule has 0 aliphatic heterocycles. The van der Waals surface area contributed by atoms with Crippen LogP contribution in [-0.4, -0.2) is 38.9 Å². The van der Waals surface area contributed by atoms with Gasteiger partial charge in [0.2, 0.25) is 5.91 Å². The third kappa shape index (κ3) is 4.70. The summed E-state index contributed by atoms with van der Waals surface area (Å²) >= 11 is 0. The third-order valence-electron chi connectivity index (χ3n) is 2.32. The van der Waals surface area contributed by atoms with E-state index in [1.807, 2.05) is 0 Å². The van der Waals surface area contributed by atoms with Gasteiger partial charge in [-0.1, -0.05) is 0 Å². The number of aliphatic carboxylic acids is 1. The zero-order valence-electron chi connectivity index (χ0n) is 10.3. The molecule has 0 aromatic carbocycles. The Kier molecular flexibility index (Phi) is 4.92. The summed E-state index contributed by atoms with van der Waals surface area (Å²) in [4.78, 5) is 40.9. The van der Waals surface area contributed by atoms with Crippen LogP contribution >= 0.6 is 0 Å². The zero-order valence-corrected chi connectivity index (χ0v) is 10.3. The highest BCUT2D eigenvalue weighted by molar-refractivity contribution is 5.95. The van der Waals surface area contributed by atoms with E-state index in [9.17, 15) is 14.4 Å². The number of aryl methyl sites for hydroxylation is 1. The molecular weight excluding hydrogens is 252 g/mol. The van der Waals surface area contributed by atoms with Crippen LogP contribution in [0.2, 0.25) is 0 Å². The molecule has 0 unspecified atom stereocenters. The Hall–Kier alpha value is -2.51. The highest BCUT2D eigenvalue weighted by atomic mass is 16.4. The van der Waals surface area contributed by atoms with Crippen LogP contribution in [0, 0.1) is 6.92 Å². The zero-order chi connectivity index (χ0) is 14.4. The summed E-state index contributed by atoms with van der Waals surface area (Å²) in [5, 5.41) is 11.2. The molecule has 0 saturated heterocycles. The quantitative estimate of drug-likeness (QED) is 0.618. The van der Waals surface area contributed by atoms with E-state index in [1.54, 1.807) is 6.92 Å². The smallest absolute Gasteiger partial charge is 0.326 e. The summed E-state index contributed by atoms with van der Waals surface area (Å²) in [6, 6.07) is 0.248. The Balaban J connectivity index is 2.71. The lowest BCUT2D eigenvalue weighted by atomic mass is 10.1. The first-order valence-corrected chi connectivity index (χ1v) is 5.50. The van der Waals surface area contributed by atoms with Gasteiger partial charge in [-0.05, 0) is 19.4 Å². The van der Waals surface area contributed by atoms with Gasteiger partial charge in [-0.3, -0.25) is 9.59 Å². The van der Waals surface area contributed by atoms with Crippen molar-refractivity contribution in [2.75, 3.05) is 0 Å². The van der Waals surface area contributed by atoms with E-state index < -0.39 is 23.8 Å². The third-order valence-corrected chi connectivity index (χ3v) is 2.32. The van der Waals surface area contributed by atoms with E-state index in [4.69, 9.17) is 10.8 Å². The minimum Gasteiger partial charge on any atom is -0.480 e. The predicted octanol–water partition coefficient (Wildman–Crippen LogP) is -0.766. The van der Waals surface area contributed by atoms with Crippen LogP contribution in [0.3, 0.4) is 0 Å². The molecule has 0 aliphatic rings. The lowest BCUT2D eigenvalue weighted by Gasteiger charge is -2.13. The molecule has 0 saturated carbocycles. The molecule has 19 heavy (non-hydrogen) atoms. The van der Waals surface area contributed by atoms with Gasteiger partial charge in [-0.25, -0.2) is 14.8 Å². The normalized spacial score (nSPS) is 11.6. The maximum Gasteiger partial charge on any atom is 0.326 e. The summed E-state index contributed by atoms with van der Waals surface area (Å²) in [5.41, 5.74) is 5.59. The minimum atomic E-state index is -1.24. The Morgan fingerprint density at radius 3 is 2.63 bits per heavy atom. The Labute approximate surface area is 109 Å². The lowest BCUT2D eigenvalue weighted by Crippen LogP contribution is -2.41. The van der Waals surface area contributed by atoms with Crippen LogP contribution in [0.4, 0.5) is 0 Å².